The zero-order chi connectivity index (χ0) is 21.9. The second kappa shape index (κ2) is 9.19. The minimum absolute atomic E-state index is 0.0188. The maximum Gasteiger partial charge on any atom is 0.411 e. The lowest BCUT2D eigenvalue weighted by molar-refractivity contribution is -0.174. The molecule has 0 saturated carbocycles. The lowest BCUT2D eigenvalue weighted by Gasteiger charge is -2.36. The van der Waals surface area contributed by atoms with E-state index in [9.17, 15) is 30.0 Å². The smallest absolute Gasteiger partial charge is 0.372 e. The van der Waals surface area contributed by atoms with Gasteiger partial charge in [0.15, 0.2) is 19.7 Å². The Labute approximate surface area is 169 Å². The SMILES string of the molecule is CS(=O)(=O)c1ccc(N2CCN(CCCOCC(F)(F)F)CC2)c(S(C)(=O)=O)c1. The summed E-state index contributed by atoms with van der Waals surface area (Å²) >= 11 is 0. The van der Waals surface area contributed by atoms with Crippen molar-refractivity contribution in [1.82, 2.24) is 4.90 Å². The van der Waals surface area contributed by atoms with Crippen molar-refractivity contribution < 1.29 is 34.7 Å². The molecule has 0 radical (unpaired) electrons. The van der Waals surface area contributed by atoms with Crippen LogP contribution in [0.1, 0.15) is 6.42 Å². The van der Waals surface area contributed by atoms with Crippen LogP contribution in [-0.2, 0) is 24.4 Å². The van der Waals surface area contributed by atoms with E-state index in [2.05, 4.69) is 9.64 Å². The highest BCUT2D eigenvalue weighted by Crippen LogP contribution is 2.29. The molecule has 1 aromatic rings. The molecular weight excluding hydrogens is 433 g/mol. The van der Waals surface area contributed by atoms with Crippen LogP contribution in [0.4, 0.5) is 18.9 Å². The summed E-state index contributed by atoms with van der Waals surface area (Å²) in [4.78, 5) is 3.85. The first-order valence-corrected chi connectivity index (χ1v) is 12.7. The van der Waals surface area contributed by atoms with E-state index in [0.717, 1.165) is 12.5 Å². The zero-order valence-corrected chi connectivity index (χ0v) is 17.9. The Morgan fingerprint density at radius 2 is 1.62 bits per heavy atom. The maximum absolute atomic E-state index is 12.2. The van der Waals surface area contributed by atoms with Gasteiger partial charge >= 0.3 is 6.18 Å². The van der Waals surface area contributed by atoms with Gasteiger partial charge in [-0.2, -0.15) is 13.2 Å². The van der Waals surface area contributed by atoms with Gasteiger partial charge in [0.25, 0.3) is 0 Å². The fourth-order valence-corrected chi connectivity index (χ4v) is 4.71. The largest absolute Gasteiger partial charge is 0.411 e. The number of ether oxygens (including phenoxy) is 1. The van der Waals surface area contributed by atoms with E-state index >= 15 is 0 Å². The molecule has 0 amide bonds. The van der Waals surface area contributed by atoms with Gasteiger partial charge in [0.1, 0.15) is 6.61 Å². The summed E-state index contributed by atoms with van der Waals surface area (Å²) in [6.07, 6.45) is -1.80. The van der Waals surface area contributed by atoms with Gasteiger partial charge < -0.3 is 9.64 Å². The molecule has 0 atom stereocenters. The Bertz CT molecular complexity index is 909. The van der Waals surface area contributed by atoms with Gasteiger partial charge in [0.05, 0.1) is 15.5 Å². The number of halogens is 3. The topological polar surface area (TPSA) is 84.0 Å². The van der Waals surface area contributed by atoms with Crippen molar-refractivity contribution in [1.29, 1.82) is 0 Å². The number of nitrogens with zero attached hydrogens (tertiary/aromatic N) is 2. The molecule has 12 heteroatoms. The van der Waals surface area contributed by atoms with Crippen LogP contribution in [0.5, 0.6) is 0 Å². The van der Waals surface area contributed by atoms with Crippen LogP contribution >= 0.6 is 0 Å². The standard InChI is InChI=1S/C17H25F3N2O5S2/c1-28(23,24)14-4-5-15(16(12-14)29(2,25)26)22-9-7-21(8-10-22)6-3-11-27-13-17(18,19)20/h4-5,12H,3,6-11,13H2,1-2H3. The molecule has 1 aromatic carbocycles. The quantitative estimate of drug-likeness (QED) is 0.547. The molecule has 1 saturated heterocycles. The molecule has 0 bridgehead atoms. The minimum atomic E-state index is -4.32. The van der Waals surface area contributed by atoms with Crippen LogP contribution in [0, 0.1) is 0 Å². The van der Waals surface area contributed by atoms with Crippen molar-refractivity contribution >= 4 is 25.4 Å². The van der Waals surface area contributed by atoms with Gasteiger partial charge in [-0.15, -0.1) is 0 Å². The van der Waals surface area contributed by atoms with E-state index < -0.39 is 32.5 Å². The molecule has 1 aliphatic rings. The number of piperazine rings is 1. The van der Waals surface area contributed by atoms with Gasteiger partial charge in [-0.3, -0.25) is 4.90 Å². The number of alkyl halides is 3. The first-order chi connectivity index (χ1) is 13.3. The molecule has 7 nitrogen and oxygen atoms in total. The number of benzene rings is 1. The highest BCUT2D eigenvalue weighted by atomic mass is 32.2. The second-order valence-corrected chi connectivity index (χ2v) is 11.0. The molecule has 0 aliphatic carbocycles. The lowest BCUT2D eigenvalue weighted by atomic mass is 10.2. The van der Waals surface area contributed by atoms with Crippen molar-refractivity contribution in [2.24, 2.45) is 0 Å². The zero-order valence-electron chi connectivity index (χ0n) is 16.3. The molecule has 0 N–H and O–H groups in total. The third-order valence-electron chi connectivity index (χ3n) is 4.50. The van der Waals surface area contributed by atoms with Crippen molar-refractivity contribution in [3.63, 3.8) is 0 Å². The Balaban J connectivity index is 1.97. The van der Waals surface area contributed by atoms with Crippen molar-refractivity contribution in [2.45, 2.75) is 22.4 Å². The maximum atomic E-state index is 12.2. The molecule has 0 spiro atoms. The molecule has 1 aliphatic heterocycles. The summed E-state index contributed by atoms with van der Waals surface area (Å²) < 4.78 is 88.6. The molecule has 29 heavy (non-hydrogen) atoms. The Kier molecular flexibility index (Phi) is 7.57. The number of rotatable bonds is 8. The summed E-state index contributed by atoms with van der Waals surface area (Å²) in [7, 11) is -7.18. The summed E-state index contributed by atoms with van der Waals surface area (Å²) in [6, 6.07) is 4.08. The van der Waals surface area contributed by atoms with Gasteiger partial charge in [0, 0.05) is 51.8 Å². The predicted octanol–water partition coefficient (Wildman–Crippen LogP) is 1.58. The van der Waals surface area contributed by atoms with Crippen LogP contribution in [0.3, 0.4) is 0 Å². The van der Waals surface area contributed by atoms with Gasteiger partial charge in [-0.05, 0) is 24.6 Å². The number of hydrogen-bond acceptors (Lipinski definition) is 7. The molecule has 166 valence electrons. The number of anilines is 1. The third-order valence-corrected chi connectivity index (χ3v) is 6.74. The average Bonchev–Trinajstić information content (AvgIpc) is 2.59. The summed E-state index contributed by atoms with van der Waals surface area (Å²) in [5, 5.41) is 0. The van der Waals surface area contributed by atoms with E-state index in [1.54, 1.807) is 0 Å². The fraction of sp³-hybridized carbons (Fsp3) is 0.647. The predicted molar refractivity (Wildman–Crippen MR) is 103 cm³/mol. The average molecular weight is 459 g/mol. The van der Waals surface area contributed by atoms with E-state index in [1.165, 1.54) is 18.2 Å². The molecular formula is C17H25F3N2O5S2. The van der Waals surface area contributed by atoms with Crippen molar-refractivity contribution in [2.75, 3.05) is 63.3 Å². The van der Waals surface area contributed by atoms with Crippen LogP contribution in [0.15, 0.2) is 28.0 Å². The van der Waals surface area contributed by atoms with E-state index in [4.69, 9.17) is 0 Å². The molecule has 0 unspecified atom stereocenters. The summed E-state index contributed by atoms with van der Waals surface area (Å²) in [5.41, 5.74) is 0.452. The molecule has 0 aromatic heterocycles. The van der Waals surface area contributed by atoms with Gasteiger partial charge in [0.2, 0.25) is 0 Å². The van der Waals surface area contributed by atoms with Crippen LogP contribution in [-0.4, -0.2) is 86.4 Å². The third kappa shape index (κ3) is 7.43. The second-order valence-electron chi connectivity index (χ2n) is 7.02. The van der Waals surface area contributed by atoms with Crippen molar-refractivity contribution in [3.05, 3.63) is 18.2 Å². The lowest BCUT2D eigenvalue weighted by Crippen LogP contribution is -2.47. The summed E-state index contributed by atoms with van der Waals surface area (Å²) in [6.45, 7) is 1.60. The first-order valence-electron chi connectivity index (χ1n) is 8.93. The molecule has 2 rings (SSSR count). The van der Waals surface area contributed by atoms with E-state index in [1.807, 2.05) is 4.90 Å². The number of sulfone groups is 2. The van der Waals surface area contributed by atoms with Crippen LogP contribution < -0.4 is 4.90 Å². The molecule has 1 heterocycles. The first kappa shape index (κ1) is 23.9. The van der Waals surface area contributed by atoms with Crippen LogP contribution in [0.25, 0.3) is 0 Å². The minimum Gasteiger partial charge on any atom is -0.372 e. The Hall–Kier alpha value is -1.37. The van der Waals surface area contributed by atoms with E-state index in [-0.39, 0.29) is 16.4 Å². The highest BCUT2D eigenvalue weighted by molar-refractivity contribution is 7.91. The monoisotopic (exact) mass is 458 g/mol. The van der Waals surface area contributed by atoms with E-state index in [0.29, 0.717) is 44.8 Å². The molecule has 1 fully saturated rings. The number of hydrogen-bond donors (Lipinski definition) is 0. The van der Waals surface area contributed by atoms with Gasteiger partial charge in [-0.1, -0.05) is 0 Å². The normalized spacial score (nSPS) is 16.9. The fourth-order valence-electron chi connectivity index (χ4n) is 3.07. The Morgan fingerprint density at radius 1 is 1.00 bits per heavy atom. The van der Waals surface area contributed by atoms with Crippen molar-refractivity contribution in [3.8, 4) is 0 Å². The van der Waals surface area contributed by atoms with Crippen LogP contribution in [0.2, 0.25) is 0 Å². The highest BCUT2D eigenvalue weighted by Gasteiger charge is 2.27. The Morgan fingerprint density at radius 3 is 2.14 bits per heavy atom. The van der Waals surface area contributed by atoms with Gasteiger partial charge in [-0.25, -0.2) is 16.8 Å². The summed E-state index contributed by atoms with van der Waals surface area (Å²) in [5.74, 6) is 0.